The highest BCUT2D eigenvalue weighted by atomic mass is 79.9. The van der Waals surface area contributed by atoms with Gasteiger partial charge in [-0.1, -0.05) is 84.5 Å². The summed E-state index contributed by atoms with van der Waals surface area (Å²) in [7, 11) is 4.54. The van der Waals surface area contributed by atoms with Crippen LogP contribution in [0.5, 0.6) is 0 Å². The van der Waals surface area contributed by atoms with Crippen molar-refractivity contribution in [3.05, 3.63) is 0 Å². The summed E-state index contributed by atoms with van der Waals surface area (Å²) in [5.74, 6) is 0. The number of hydrogen-bond donors (Lipinski definition) is 1. The second kappa shape index (κ2) is 18.2. The van der Waals surface area contributed by atoms with Gasteiger partial charge in [0.2, 0.25) is 0 Å². The van der Waals surface area contributed by atoms with Crippen LogP contribution in [0.1, 0.15) is 104 Å². The predicted molar refractivity (Wildman–Crippen MR) is 104 cm³/mol. The minimum Gasteiger partial charge on any atom is -1.00 e. The van der Waals surface area contributed by atoms with Crippen LogP contribution in [-0.2, 0) is 0 Å². The first-order chi connectivity index (χ1) is 11.1. The van der Waals surface area contributed by atoms with E-state index in [4.69, 9.17) is 0 Å². The first kappa shape index (κ1) is 26.6. The molecule has 2 nitrogen and oxygen atoms in total. The van der Waals surface area contributed by atoms with Gasteiger partial charge in [-0.05, 0) is 19.3 Å². The van der Waals surface area contributed by atoms with Gasteiger partial charge < -0.3 is 26.6 Å². The monoisotopic (exact) mass is 407 g/mol. The number of aliphatic hydroxyl groups excluding tert-OH is 1. The van der Waals surface area contributed by atoms with Crippen LogP contribution in [0.25, 0.3) is 0 Å². The average molecular weight is 409 g/mol. The number of rotatable bonds is 17. The first-order valence-corrected chi connectivity index (χ1v) is 10.5. The Balaban J connectivity index is 0. The third kappa shape index (κ3) is 14.7. The number of likely N-dealkylation sites (N-methyl/N-ethyl adjacent to an activating group) is 1. The number of halogens is 1. The lowest BCUT2D eigenvalue weighted by Crippen LogP contribution is -3.00. The summed E-state index contributed by atoms with van der Waals surface area (Å²) >= 11 is 0. The van der Waals surface area contributed by atoms with Gasteiger partial charge in [-0.3, -0.25) is 0 Å². The van der Waals surface area contributed by atoms with Gasteiger partial charge in [0.15, 0.2) is 0 Å². The number of unbranched alkanes of at least 4 members (excludes halogenated alkanes) is 12. The van der Waals surface area contributed by atoms with Crippen molar-refractivity contribution in [1.82, 2.24) is 0 Å². The van der Waals surface area contributed by atoms with Gasteiger partial charge in [-0.25, -0.2) is 0 Å². The van der Waals surface area contributed by atoms with Gasteiger partial charge in [-0.15, -0.1) is 0 Å². The molecule has 3 heteroatoms. The Labute approximate surface area is 163 Å². The van der Waals surface area contributed by atoms with E-state index in [-0.39, 0.29) is 17.0 Å². The molecule has 0 aromatic heterocycles. The molecule has 1 unspecified atom stereocenters. The molecule has 1 N–H and O–H groups in total. The third-order valence-electron chi connectivity index (χ3n) is 5.51. The van der Waals surface area contributed by atoms with Gasteiger partial charge in [0.05, 0.1) is 27.2 Å². The van der Waals surface area contributed by atoms with E-state index in [1.54, 1.807) is 0 Å². The molecule has 0 bridgehead atoms. The zero-order valence-corrected chi connectivity index (χ0v) is 18.7. The largest absolute Gasteiger partial charge is 1.00 e. The van der Waals surface area contributed by atoms with Crippen molar-refractivity contribution in [2.24, 2.45) is 0 Å². The fourth-order valence-electron chi connectivity index (χ4n) is 3.56. The maximum absolute atomic E-state index is 9.45. The Kier molecular flexibility index (Phi) is 20.2. The number of hydrogen-bond acceptors (Lipinski definition) is 1. The molecule has 0 saturated carbocycles. The van der Waals surface area contributed by atoms with E-state index in [9.17, 15) is 5.11 Å². The Bertz CT molecular complexity index is 242. The molecule has 24 heavy (non-hydrogen) atoms. The van der Waals surface area contributed by atoms with Crippen LogP contribution in [0, 0.1) is 0 Å². The predicted octanol–water partition coefficient (Wildman–Crippen LogP) is 2.93. The van der Waals surface area contributed by atoms with E-state index in [1.807, 2.05) is 0 Å². The summed E-state index contributed by atoms with van der Waals surface area (Å²) < 4.78 is 0.977. The second-order valence-corrected chi connectivity index (χ2v) is 7.99. The van der Waals surface area contributed by atoms with Gasteiger partial charge in [0.1, 0.15) is 6.04 Å². The maximum Gasteiger partial charge on any atom is 0.112 e. The van der Waals surface area contributed by atoms with E-state index in [0.717, 1.165) is 10.9 Å². The van der Waals surface area contributed by atoms with E-state index >= 15 is 0 Å². The summed E-state index contributed by atoms with van der Waals surface area (Å²) in [6.45, 7) is 6.00. The summed E-state index contributed by atoms with van der Waals surface area (Å²) in [6.07, 6.45) is 19.5. The Morgan fingerprint density at radius 3 is 1.38 bits per heavy atom. The normalized spacial score (nSPS) is 12.9. The molecule has 0 aliphatic carbocycles. The average Bonchev–Trinajstić information content (AvgIpc) is 2.52. The van der Waals surface area contributed by atoms with E-state index in [2.05, 4.69) is 27.9 Å². The molecule has 0 rings (SSSR count). The van der Waals surface area contributed by atoms with Crippen molar-refractivity contribution in [1.29, 1.82) is 0 Å². The third-order valence-corrected chi connectivity index (χ3v) is 5.51. The molecule has 0 heterocycles. The summed E-state index contributed by atoms with van der Waals surface area (Å²) in [6, 6.07) is 0.410. The van der Waals surface area contributed by atoms with E-state index in [1.165, 1.54) is 90.0 Å². The molecule has 0 aliphatic heterocycles. The zero-order chi connectivity index (χ0) is 17.4. The Hall–Kier alpha value is 0.400. The van der Waals surface area contributed by atoms with Crippen LogP contribution in [0.4, 0.5) is 0 Å². The van der Waals surface area contributed by atoms with Gasteiger partial charge in [0, 0.05) is 0 Å². The molecule has 0 radical (unpaired) electrons. The standard InChI is InChI=1S/C21H46NO.BrH/c1-5-7-8-9-10-11-12-13-14-15-16-17-18-19-22(3,4)21(6-2)20-23;/h21,23H,5-20H2,1-4H3;1H/q+1;/p-1. The van der Waals surface area contributed by atoms with Crippen LogP contribution < -0.4 is 17.0 Å². The maximum atomic E-state index is 9.45. The van der Waals surface area contributed by atoms with Gasteiger partial charge >= 0.3 is 0 Å². The molecule has 0 aromatic carbocycles. The first-order valence-electron chi connectivity index (χ1n) is 10.5. The van der Waals surface area contributed by atoms with Crippen molar-refractivity contribution in [2.75, 3.05) is 27.2 Å². The molecule has 148 valence electrons. The molecule has 1 atom stereocenters. The molecule has 0 saturated heterocycles. The lowest BCUT2D eigenvalue weighted by atomic mass is 10.0. The van der Waals surface area contributed by atoms with Crippen molar-refractivity contribution < 1.29 is 26.6 Å². The van der Waals surface area contributed by atoms with Crippen molar-refractivity contribution in [3.8, 4) is 0 Å². The van der Waals surface area contributed by atoms with Gasteiger partial charge in [-0.2, -0.15) is 0 Å². The van der Waals surface area contributed by atoms with Crippen LogP contribution in [0.2, 0.25) is 0 Å². The fourth-order valence-corrected chi connectivity index (χ4v) is 3.56. The van der Waals surface area contributed by atoms with Crippen molar-refractivity contribution >= 4 is 0 Å². The Morgan fingerprint density at radius 2 is 1.04 bits per heavy atom. The molecular weight excluding hydrogens is 362 g/mol. The quantitative estimate of drug-likeness (QED) is 0.290. The topological polar surface area (TPSA) is 20.2 Å². The van der Waals surface area contributed by atoms with E-state index < -0.39 is 0 Å². The molecule has 0 amide bonds. The van der Waals surface area contributed by atoms with Crippen LogP contribution in [0.3, 0.4) is 0 Å². The number of quaternary nitrogens is 1. The minimum absolute atomic E-state index is 0. The van der Waals surface area contributed by atoms with Crippen molar-refractivity contribution in [2.45, 2.75) is 110 Å². The number of nitrogens with zero attached hydrogens (tertiary/aromatic N) is 1. The molecule has 0 aliphatic rings. The Morgan fingerprint density at radius 1 is 0.667 bits per heavy atom. The van der Waals surface area contributed by atoms with Crippen molar-refractivity contribution in [3.63, 3.8) is 0 Å². The highest BCUT2D eigenvalue weighted by Gasteiger charge is 2.24. The lowest BCUT2D eigenvalue weighted by molar-refractivity contribution is -0.915. The number of aliphatic hydroxyl groups is 1. The van der Waals surface area contributed by atoms with Crippen LogP contribution in [-0.4, -0.2) is 42.9 Å². The molecule has 0 spiro atoms. The smallest absolute Gasteiger partial charge is 0.112 e. The molecule has 0 aromatic rings. The molecular formula is C21H46BrNO. The molecule has 0 fully saturated rings. The second-order valence-electron chi connectivity index (χ2n) is 7.99. The lowest BCUT2D eigenvalue weighted by Gasteiger charge is -2.36. The summed E-state index contributed by atoms with van der Waals surface area (Å²) in [5, 5.41) is 9.45. The highest BCUT2D eigenvalue weighted by Crippen LogP contribution is 2.15. The fraction of sp³-hybridized carbons (Fsp3) is 1.00. The van der Waals surface area contributed by atoms with Gasteiger partial charge in [0.25, 0.3) is 0 Å². The van der Waals surface area contributed by atoms with Crippen LogP contribution in [0.15, 0.2) is 0 Å². The zero-order valence-electron chi connectivity index (χ0n) is 17.2. The summed E-state index contributed by atoms with van der Waals surface area (Å²) in [5.41, 5.74) is 0. The highest BCUT2D eigenvalue weighted by molar-refractivity contribution is 4.54. The minimum atomic E-state index is 0. The van der Waals surface area contributed by atoms with Crippen LogP contribution >= 0.6 is 0 Å². The SMILES string of the molecule is CCCCCCCCCCCCCCC[N+](C)(C)C(CC)CO.[Br-]. The summed E-state index contributed by atoms with van der Waals surface area (Å²) in [4.78, 5) is 0. The van der Waals surface area contributed by atoms with E-state index in [0.29, 0.717) is 12.6 Å².